The molecule has 84 valence electrons. The number of aromatic nitrogens is 1. The maximum Gasteiger partial charge on any atom is 0.0899 e. The van der Waals surface area contributed by atoms with Crippen LogP contribution in [0.3, 0.4) is 0 Å². The lowest BCUT2D eigenvalue weighted by molar-refractivity contribution is 1.19. The highest BCUT2D eigenvalue weighted by Gasteiger charge is 2.33. The highest BCUT2D eigenvalue weighted by atomic mass is 35.5. The van der Waals surface area contributed by atoms with Crippen LogP contribution >= 0.6 is 23.2 Å². The minimum absolute atomic E-state index is 0.750. The summed E-state index contributed by atoms with van der Waals surface area (Å²) in [4.78, 5) is 4.02. The molecule has 0 saturated carbocycles. The number of rotatable bonds is 4. The summed E-state index contributed by atoms with van der Waals surface area (Å²) in [7, 11) is -1.49. The van der Waals surface area contributed by atoms with Gasteiger partial charge in [0.05, 0.1) is 18.1 Å². The van der Waals surface area contributed by atoms with Crippen LogP contribution in [-0.4, -0.2) is 13.1 Å². The highest BCUT2D eigenvalue weighted by molar-refractivity contribution is 6.94. The molecule has 0 bridgehead atoms. The second-order valence-electron chi connectivity index (χ2n) is 3.82. The van der Waals surface area contributed by atoms with Gasteiger partial charge >= 0.3 is 0 Å². The Bertz CT molecular complexity index is 309. The summed E-state index contributed by atoms with van der Waals surface area (Å²) in [6.07, 6.45) is 3.43. The van der Waals surface area contributed by atoms with Crippen molar-refractivity contribution in [3.05, 3.63) is 22.4 Å². The Morgan fingerprint density at radius 1 is 1.00 bits per heavy atom. The quantitative estimate of drug-likeness (QED) is 0.744. The average Bonchev–Trinajstić information content (AvgIpc) is 2.24. The number of pyridine rings is 1. The van der Waals surface area contributed by atoms with Gasteiger partial charge in [-0.1, -0.05) is 62.1 Å². The highest BCUT2D eigenvalue weighted by Crippen LogP contribution is 2.26. The van der Waals surface area contributed by atoms with Crippen molar-refractivity contribution < 1.29 is 0 Å². The topological polar surface area (TPSA) is 12.9 Å². The Hall–Kier alpha value is -0.0531. The van der Waals surface area contributed by atoms with E-state index in [1.54, 1.807) is 12.4 Å². The normalized spacial score (nSPS) is 11.8. The van der Waals surface area contributed by atoms with Gasteiger partial charge in [-0.05, 0) is 5.19 Å². The lowest BCUT2D eigenvalue weighted by Crippen LogP contribution is -2.47. The van der Waals surface area contributed by atoms with Gasteiger partial charge in [0, 0.05) is 12.4 Å². The van der Waals surface area contributed by atoms with Gasteiger partial charge in [-0.15, -0.1) is 0 Å². The van der Waals surface area contributed by atoms with Crippen molar-refractivity contribution in [2.75, 3.05) is 0 Å². The number of halogens is 2. The van der Waals surface area contributed by atoms with Crippen LogP contribution in [0.4, 0.5) is 0 Å². The zero-order valence-corrected chi connectivity index (χ0v) is 12.0. The van der Waals surface area contributed by atoms with Gasteiger partial charge in [0.15, 0.2) is 0 Å². The maximum absolute atomic E-state index is 6.24. The molecule has 0 aliphatic heterocycles. The summed E-state index contributed by atoms with van der Waals surface area (Å²) < 4.78 is 0. The Labute approximate surface area is 103 Å². The molecule has 0 amide bonds. The van der Waals surface area contributed by atoms with E-state index in [4.69, 9.17) is 23.2 Å². The minimum atomic E-state index is -1.49. The summed E-state index contributed by atoms with van der Waals surface area (Å²) in [5.74, 6) is 0. The molecule has 0 aromatic carbocycles. The largest absolute Gasteiger partial charge is 0.262 e. The third kappa shape index (κ3) is 2.38. The van der Waals surface area contributed by atoms with E-state index in [2.05, 4.69) is 25.8 Å². The molecule has 0 spiro atoms. The Balaban J connectivity index is 3.34. The van der Waals surface area contributed by atoms with Crippen molar-refractivity contribution in [1.82, 2.24) is 4.98 Å². The number of hydrogen-bond donors (Lipinski definition) is 0. The second kappa shape index (κ2) is 5.33. The fourth-order valence-corrected chi connectivity index (χ4v) is 7.47. The van der Waals surface area contributed by atoms with Crippen LogP contribution in [0, 0.1) is 0 Å². The summed E-state index contributed by atoms with van der Waals surface area (Å²) in [6, 6.07) is 3.55. The lowest BCUT2D eigenvalue weighted by atomic mass is 10.5. The molecule has 0 fully saturated rings. The molecule has 1 aromatic rings. The van der Waals surface area contributed by atoms with Crippen LogP contribution in [0.15, 0.2) is 12.4 Å². The predicted octanol–water partition coefficient (Wildman–Crippen LogP) is 4.10. The van der Waals surface area contributed by atoms with Crippen LogP contribution in [0.1, 0.15) is 20.8 Å². The van der Waals surface area contributed by atoms with E-state index < -0.39 is 8.07 Å². The summed E-state index contributed by atoms with van der Waals surface area (Å²) in [5.41, 5.74) is 0. The van der Waals surface area contributed by atoms with E-state index in [1.165, 1.54) is 23.3 Å². The Morgan fingerprint density at radius 2 is 1.40 bits per heavy atom. The van der Waals surface area contributed by atoms with Crippen molar-refractivity contribution in [1.29, 1.82) is 0 Å². The fourth-order valence-electron chi connectivity index (χ4n) is 2.20. The molecule has 1 aromatic heterocycles. The van der Waals surface area contributed by atoms with Crippen LogP contribution in [0.25, 0.3) is 0 Å². The Morgan fingerprint density at radius 3 is 1.73 bits per heavy atom. The predicted molar refractivity (Wildman–Crippen MR) is 71.1 cm³/mol. The van der Waals surface area contributed by atoms with Gasteiger partial charge in [0.2, 0.25) is 0 Å². The molecule has 1 heterocycles. The second-order valence-corrected chi connectivity index (χ2v) is 9.82. The zero-order chi connectivity index (χ0) is 11.5. The van der Waals surface area contributed by atoms with Crippen molar-refractivity contribution in [2.45, 2.75) is 38.9 Å². The monoisotopic (exact) mass is 261 g/mol. The Kier molecular flexibility index (Phi) is 4.62. The summed E-state index contributed by atoms with van der Waals surface area (Å²) in [6.45, 7) is 6.73. The zero-order valence-electron chi connectivity index (χ0n) is 9.48. The number of nitrogens with zero attached hydrogens (tertiary/aromatic N) is 1. The minimum Gasteiger partial charge on any atom is -0.262 e. The fraction of sp³-hybridized carbons (Fsp3) is 0.545. The van der Waals surface area contributed by atoms with E-state index in [1.807, 2.05) is 0 Å². The molecule has 15 heavy (non-hydrogen) atoms. The average molecular weight is 262 g/mol. The van der Waals surface area contributed by atoms with Crippen molar-refractivity contribution >= 4 is 36.5 Å². The SMILES string of the molecule is CC[Si](CC)(CC)c1c(Cl)cncc1Cl. The van der Waals surface area contributed by atoms with Gasteiger partial charge in [-0.25, -0.2) is 0 Å². The first kappa shape index (κ1) is 13.0. The molecular formula is C11H17Cl2NSi. The van der Waals surface area contributed by atoms with Gasteiger partial charge in [0.25, 0.3) is 0 Å². The van der Waals surface area contributed by atoms with Gasteiger partial charge < -0.3 is 0 Å². The molecule has 4 heteroatoms. The first-order valence-electron chi connectivity index (χ1n) is 5.40. The van der Waals surface area contributed by atoms with E-state index in [0.29, 0.717) is 0 Å². The summed E-state index contributed by atoms with van der Waals surface area (Å²) >= 11 is 12.5. The van der Waals surface area contributed by atoms with Crippen LogP contribution in [0.2, 0.25) is 28.2 Å². The van der Waals surface area contributed by atoms with Gasteiger partial charge in [-0.2, -0.15) is 0 Å². The third-order valence-corrected chi connectivity index (χ3v) is 9.96. The molecule has 1 rings (SSSR count). The maximum atomic E-state index is 6.24. The van der Waals surface area contributed by atoms with E-state index in [0.717, 1.165) is 10.0 Å². The molecule has 0 N–H and O–H groups in total. The van der Waals surface area contributed by atoms with Gasteiger partial charge in [0.1, 0.15) is 0 Å². The van der Waals surface area contributed by atoms with Crippen molar-refractivity contribution in [2.24, 2.45) is 0 Å². The number of hydrogen-bond acceptors (Lipinski definition) is 1. The smallest absolute Gasteiger partial charge is 0.0899 e. The molecule has 0 radical (unpaired) electrons. The molecule has 0 aliphatic rings. The molecular weight excluding hydrogens is 245 g/mol. The van der Waals surface area contributed by atoms with Crippen molar-refractivity contribution in [3.8, 4) is 0 Å². The van der Waals surface area contributed by atoms with Crippen LogP contribution in [-0.2, 0) is 0 Å². The first-order valence-corrected chi connectivity index (χ1v) is 8.78. The standard InChI is InChI=1S/C11H17Cl2NSi/c1-4-15(5-2,6-3)11-9(12)7-14-8-10(11)13/h7-8H,4-6H2,1-3H3. The third-order valence-electron chi connectivity index (χ3n) is 3.41. The molecule has 0 unspecified atom stereocenters. The molecule has 0 saturated heterocycles. The van der Waals surface area contributed by atoms with E-state index in [9.17, 15) is 0 Å². The van der Waals surface area contributed by atoms with Gasteiger partial charge in [-0.3, -0.25) is 4.98 Å². The summed E-state index contributed by atoms with van der Waals surface area (Å²) in [5, 5.41) is 2.70. The molecule has 1 nitrogen and oxygen atoms in total. The molecule has 0 atom stereocenters. The van der Waals surface area contributed by atoms with E-state index in [-0.39, 0.29) is 0 Å². The van der Waals surface area contributed by atoms with Crippen LogP contribution in [0.5, 0.6) is 0 Å². The van der Waals surface area contributed by atoms with E-state index >= 15 is 0 Å². The van der Waals surface area contributed by atoms with Crippen LogP contribution < -0.4 is 5.19 Å². The van der Waals surface area contributed by atoms with Crippen molar-refractivity contribution in [3.63, 3.8) is 0 Å². The first-order chi connectivity index (χ1) is 7.11. The molecule has 0 aliphatic carbocycles. The lowest BCUT2D eigenvalue weighted by Gasteiger charge is -2.30.